The lowest BCUT2D eigenvalue weighted by Gasteiger charge is -2.17. The molecule has 0 aliphatic heterocycles. The Bertz CT molecular complexity index is 1410. The molecule has 3 N–H and O–H groups in total. The van der Waals surface area contributed by atoms with E-state index in [1.807, 2.05) is 41.8 Å². The minimum atomic E-state index is -4.31. The van der Waals surface area contributed by atoms with Gasteiger partial charge in [-0.3, -0.25) is 9.27 Å². The van der Waals surface area contributed by atoms with Crippen LogP contribution in [0.3, 0.4) is 0 Å². The molecule has 11 heteroatoms. The lowest BCUT2D eigenvalue weighted by molar-refractivity contribution is 0.415. The van der Waals surface area contributed by atoms with Crippen molar-refractivity contribution in [2.75, 3.05) is 17.1 Å². The highest BCUT2D eigenvalue weighted by atomic mass is 32.2. The van der Waals surface area contributed by atoms with E-state index >= 15 is 0 Å². The van der Waals surface area contributed by atoms with Crippen molar-refractivity contribution in [3.63, 3.8) is 0 Å². The van der Waals surface area contributed by atoms with Crippen LogP contribution in [0.15, 0.2) is 59.3 Å². The zero-order valence-corrected chi connectivity index (χ0v) is 21.3. The third-order valence-corrected chi connectivity index (χ3v) is 7.92. The van der Waals surface area contributed by atoms with Gasteiger partial charge in [0.05, 0.1) is 35.2 Å². The molecule has 0 bridgehead atoms. The maximum atomic E-state index is 11.1. The second-order valence-corrected chi connectivity index (χ2v) is 11.2. The number of ether oxygens (including phenoxy) is 1. The fraction of sp³-hybridized carbons (Fsp3) is 0.250. The maximum absolute atomic E-state index is 11.1. The van der Waals surface area contributed by atoms with E-state index in [1.165, 1.54) is 29.2 Å². The first-order valence-electron chi connectivity index (χ1n) is 11.0. The van der Waals surface area contributed by atoms with Crippen molar-refractivity contribution in [1.29, 1.82) is 0 Å². The Morgan fingerprint density at radius 1 is 1.11 bits per heavy atom. The van der Waals surface area contributed by atoms with Gasteiger partial charge >= 0.3 is 10.3 Å². The minimum Gasteiger partial charge on any atom is -0.497 e. The van der Waals surface area contributed by atoms with Crippen LogP contribution in [0.1, 0.15) is 41.1 Å². The lowest BCUT2D eigenvalue weighted by Crippen LogP contribution is -2.14. The number of hydrogen-bond donors (Lipinski definition) is 3. The van der Waals surface area contributed by atoms with Gasteiger partial charge in [-0.1, -0.05) is 24.3 Å². The van der Waals surface area contributed by atoms with Gasteiger partial charge in [-0.2, -0.15) is 8.42 Å². The van der Waals surface area contributed by atoms with Crippen molar-refractivity contribution in [2.24, 2.45) is 0 Å². The summed E-state index contributed by atoms with van der Waals surface area (Å²) in [4.78, 5) is 9.70. The van der Waals surface area contributed by atoms with E-state index in [9.17, 15) is 8.42 Å². The summed E-state index contributed by atoms with van der Waals surface area (Å²) >= 11 is 3.23. The largest absolute Gasteiger partial charge is 0.497 e. The van der Waals surface area contributed by atoms with Crippen LogP contribution in [0.4, 0.5) is 10.8 Å². The number of benzene rings is 2. The SMILES string of the molecule is COc1cccc(-c2csc(NC(Cc3ccc(NS(=O)(=O)O)cc3)c3csc(C4CC4)n3)n2)c1. The molecule has 1 saturated carbocycles. The number of aromatic nitrogens is 2. The first kappa shape index (κ1) is 23.7. The Kier molecular flexibility index (Phi) is 6.74. The summed E-state index contributed by atoms with van der Waals surface area (Å²) in [7, 11) is -2.66. The van der Waals surface area contributed by atoms with Crippen molar-refractivity contribution in [1.82, 2.24) is 9.97 Å². The molecule has 0 amide bonds. The van der Waals surface area contributed by atoms with Gasteiger partial charge in [0.15, 0.2) is 5.13 Å². The van der Waals surface area contributed by atoms with Crippen molar-refractivity contribution in [2.45, 2.75) is 31.2 Å². The number of anilines is 2. The second-order valence-electron chi connectivity index (χ2n) is 8.33. The fourth-order valence-corrected chi connectivity index (χ4v) is 5.96. The molecule has 1 unspecified atom stereocenters. The smallest absolute Gasteiger partial charge is 0.357 e. The molecule has 1 aliphatic carbocycles. The van der Waals surface area contributed by atoms with Crippen LogP contribution in [0.25, 0.3) is 11.3 Å². The molecular formula is C24H24N4O4S3. The molecule has 2 heterocycles. The average Bonchev–Trinajstić information content (AvgIpc) is 3.37. The van der Waals surface area contributed by atoms with Crippen LogP contribution in [0.5, 0.6) is 5.75 Å². The third kappa shape index (κ3) is 6.17. The molecule has 0 radical (unpaired) electrons. The Hall–Kier alpha value is -2.99. The topological polar surface area (TPSA) is 113 Å². The van der Waals surface area contributed by atoms with Crippen molar-refractivity contribution in [3.05, 3.63) is 75.6 Å². The Labute approximate surface area is 211 Å². The van der Waals surface area contributed by atoms with E-state index in [0.717, 1.165) is 33.4 Å². The molecule has 0 saturated heterocycles. The predicted octanol–water partition coefficient (Wildman–Crippen LogP) is 5.76. The van der Waals surface area contributed by atoms with Gasteiger partial charge in [0.1, 0.15) is 5.75 Å². The molecule has 4 aromatic rings. The molecule has 8 nitrogen and oxygen atoms in total. The highest BCUT2D eigenvalue weighted by molar-refractivity contribution is 7.87. The quantitative estimate of drug-likeness (QED) is 0.224. The fourth-order valence-electron chi connectivity index (χ4n) is 3.71. The molecule has 35 heavy (non-hydrogen) atoms. The number of hydrogen-bond acceptors (Lipinski definition) is 8. The van der Waals surface area contributed by atoms with Crippen LogP contribution < -0.4 is 14.8 Å². The van der Waals surface area contributed by atoms with Gasteiger partial charge in [0.2, 0.25) is 0 Å². The molecule has 1 atom stereocenters. The summed E-state index contributed by atoms with van der Waals surface area (Å²) in [5, 5.41) is 9.65. The van der Waals surface area contributed by atoms with Crippen LogP contribution in [-0.2, 0) is 16.7 Å². The summed E-state index contributed by atoms with van der Waals surface area (Å²) in [5.41, 5.74) is 4.11. The maximum Gasteiger partial charge on any atom is 0.357 e. The standard InChI is InChI=1S/C24H24N4O4S3/c1-32-19-4-2-3-17(12-19)21-13-34-24(27-21)26-20(22-14-33-23(25-22)16-7-8-16)11-15-5-9-18(10-6-15)28-35(29,30)31/h2-6,9-10,12-14,16,20,28H,7-8,11H2,1H3,(H,26,27)(H,29,30,31). The van der Waals surface area contributed by atoms with E-state index in [0.29, 0.717) is 18.0 Å². The van der Waals surface area contributed by atoms with E-state index in [4.69, 9.17) is 19.3 Å². The van der Waals surface area contributed by atoms with Gasteiger partial charge < -0.3 is 10.1 Å². The van der Waals surface area contributed by atoms with Gasteiger partial charge in [0, 0.05) is 22.2 Å². The summed E-state index contributed by atoms with van der Waals surface area (Å²) in [5.74, 6) is 1.37. The number of thiazole rings is 2. The number of nitrogens with one attached hydrogen (secondary N) is 2. The predicted molar refractivity (Wildman–Crippen MR) is 140 cm³/mol. The number of rotatable bonds is 10. The summed E-state index contributed by atoms with van der Waals surface area (Å²) < 4.78 is 38.5. The van der Waals surface area contributed by atoms with Crippen LogP contribution in [0, 0.1) is 0 Å². The van der Waals surface area contributed by atoms with E-state index in [-0.39, 0.29) is 6.04 Å². The molecule has 182 valence electrons. The second kappa shape index (κ2) is 9.94. The van der Waals surface area contributed by atoms with E-state index < -0.39 is 10.3 Å². The van der Waals surface area contributed by atoms with Gasteiger partial charge in [-0.05, 0) is 49.1 Å². The Balaban J connectivity index is 1.37. The zero-order valence-electron chi connectivity index (χ0n) is 18.8. The van der Waals surface area contributed by atoms with Crippen molar-refractivity contribution in [3.8, 4) is 17.0 Å². The van der Waals surface area contributed by atoms with Gasteiger partial charge in [0.25, 0.3) is 0 Å². The monoisotopic (exact) mass is 528 g/mol. The number of methoxy groups -OCH3 is 1. The Morgan fingerprint density at radius 3 is 2.63 bits per heavy atom. The van der Waals surface area contributed by atoms with Gasteiger partial charge in [-0.15, -0.1) is 22.7 Å². The number of nitrogens with zero attached hydrogens (tertiary/aromatic N) is 2. The summed E-state index contributed by atoms with van der Waals surface area (Å²) in [6, 6.07) is 14.6. The highest BCUT2D eigenvalue weighted by Gasteiger charge is 2.28. The molecular weight excluding hydrogens is 504 g/mol. The lowest BCUT2D eigenvalue weighted by atomic mass is 10.0. The Morgan fingerprint density at radius 2 is 1.91 bits per heavy atom. The van der Waals surface area contributed by atoms with E-state index in [2.05, 4.69) is 15.4 Å². The first-order valence-corrected chi connectivity index (χ1v) is 14.2. The highest BCUT2D eigenvalue weighted by Crippen LogP contribution is 2.42. The van der Waals surface area contributed by atoms with Gasteiger partial charge in [-0.25, -0.2) is 9.97 Å². The molecule has 0 spiro atoms. The minimum absolute atomic E-state index is 0.108. The van der Waals surface area contributed by atoms with Crippen molar-refractivity contribution < 1.29 is 17.7 Å². The first-order chi connectivity index (χ1) is 16.9. The molecule has 2 aromatic carbocycles. The van der Waals surface area contributed by atoms with Crippen LogP contribution >= 0.6 is 22.7 Å². The molecule has 1 aliphatic rings. The molecule has 2 aromatic heterocycles. The summed E-state index contributed by atoms with van der Waals surface area (Å²) in [6.45, 7) is 0. The molecule has 5 rings (SSSR count). The molecule has 1 fully saturated rings. The normalized spacial score (nSPS) is 14.5. The zero-order chi connectivity index (χ0) is 24.4. The average molecular weight is 529 g/mol. The van der Waals surface area contributed by atoms with Crippen LogP contribution in [-0.4, -0.2) is 30.0 Å². The van der Waals surface area contributed by atoms with Crippen molar-refractivity contribution >= 4 is 43.8 Å². The van der Waals surface area contributed by atoms with Crippen LogP contribution in [0.2, 0.25) is 0 Å². The van der Waals surface area contributed by atoms with E-state index in [1.54, 1.807) is 30.6 Å². The summed E-state index contributed by atoms with van der Waals surface area (Å²) in [6.07, 6.45) is 3.03. The third-order valence-electron chi connectivity index (χ3n) is 5.63.